The predicted molar refractivity (Wildman–Crippen MR) is 107 cm³/mol. The van der Waals surface area contributed by atoms with Crippen molar-refractivity contribution in [3.63, 3.8) is 0 Å². The second-order valence-electron chi connectivity index (χ2n) is 5.73. The fourth-order valence-electron chi connectivity index (χ4n) is 2.67. The third-order valence-electron chi connectivity index (χ3n) is 3.85. The van der Waals surface area contributed by atoms with E-state index in [9.17, 15) is 9.59 Å². The van der Waals surface area contributed by atoms with Gasteiger partial charge in [0.15, 0.2) is 11.5 Å². The Hall–Kier alpha value is -3.43. The van der Waals surface area contributed by atoms with E-state index in [0.29, 0.717) is 29.4 Å². The first-order valence-corrected chi connectivity index (χ1v) is 8.87. The van der Waals surface area contributed by atoms with E-state index in [-0.39, 0.29) is 17.2 Å². The second kappa shape index (κ2) is 8.51. The number of hydrogen-bond acceptors (Lipinski definition) is 4. The number of terminal acetylenes is 1. The summed E-state index contributed by atoms with van der Waals surface area (Å²) in [4.78, 5) is 25.0. The van der Waals surface area contributed by atoms with Crippen LogP contribution in [0.4, 0.5) is 5.69 Å². The number of amides is 2. The molecule has 3 rings (SSSR count). The molecule has 1 aliphatic rings. The maximum absolute atomic E-state index is 12.7. The van der Waals surface area contributed by atoms with Crippen LogP contribution in [0.2, 0.25) is 5.02 Å². The Kier molecular flexibility index (Phi) is 5.87. The average molecular weight is 397 g/mol. The highest BCUT2D eigenvalue weighted by molar-refractivity contribution is 6.33. The largest absolute Gasteiger partial charge is 0.490 e. The van der Waals surface area contributed by atoms with Gasteiger partial charge in [0.2, 0.25) is 0 Å². The van der Waals surface area contributed by atoms with E-state index in [2.05, 4.69) is 11.3 Å². The Morgan fingerprint density at radius 2 is 1.96 bits per heavy atom. The average Bonchev–Trinajstić information content (AvgIpc) is 2.96. The monoisotopic (exact) mass is 396 g/mol. The molecule has 1 aliphatic heterocycles. The van der Waals surface area contributed by atoms with Crippen molar-refractivity contribution in [1.82, 2.24) is 5.43 Å². The van der Waals surface area contributed by atoms with Crippen LogP contribution in [0.15, 0.2) is 48.0 Å². The SMILES string of the molecule is C#CCOc1c(Cl)cc(/C=C2/C(=O)NN(c3ccccc3)C2=O)cc1OCC. The number of rotatable bonds is 6. The minimum Gasteiger partial charge on any atom is -0.490 e. The van der Waals surface area contributed by atoms with Gasteiger partial charge in [0.1, 0.15) is 12.2 Å². The van der Waals surface area contributed by atoms with E-state index >= 15 is 0 Å². The first-order valence-electron chi connectivity index (χ1n) is 8.50. The molecule has 1 saturated heterocycles. The number of halogens is 1. The molecule has 28 heavy (non-hydrogen) atoms. The molecule has 2 amide bonds. The second-order valence-corrected chi connectivity index (χ2v) is 6.14. The Morgan fingerprint density at radius 1 is 1.21 bits per heavy atom. The van der Waals surface area contributed by atoms with Crippen LogP contribution in [0.5, 0.6) is 11.5 Å². The van der Waals surface area contributed by atoms with Crippen molar-refractivity contribution in [3.8, 4) is 23.8 Å². The fraction of sp³-hybridized carbons (Fsp3) is 0.143. The quantitative estimate of drug-likeness (QED) is 0.462. The van der Waals surface area contributed by atoms with Crippen molar-refractivity contribution in [2.45, 2.75) is 6.92 Å². The van der Waals surface area contributed by atoms with E-state index in [4.69, 9.17) is 27.5 Å². The number of carbonyl (C=O) groups excluding carboxylic acids is 2. The molecule has 1 heterocycles. The van der Waals surface area contributed by atoms with Crippen LogP contribution in [-0.4, -0.2) is 25.0 Å². The zero-order valence-corrected chi connectivity index (χ0v) is 15.8. The van der Waals surface area contributed by atoms with Crippen LogP contribution in [0.3, 0.4) is 0 Å². The highest BCUT2D eigenvalue weighted by Crippen LogP contribution is 2.37. The van der Waals surface area contributed by atoms with Gasteiger partial charge in [-0.05, 0) is 42.8 Å². The van der Waals surface area contributed by atoms with E-state index in [1.807, 2.05) is 13.0 Å². The number of ether oxygens (including phenoxy) is 2. The number of hydrazine groups is 1. The summed E-state index contributed by atoms with van der Waals surface area (Å²) in [6.45, 7) is 2.23. The minimum absolute atomic E-state index is 0.0142. The molecule has 1 fully saturated rings. The van der Waals surface area contributed by atoms with Gasteiger partial charge in [-0.3, -0.25) is 15.0 Å². The molecule has 0 aromatic heterocycles. The Balaban J connectivity index is 1.95. The van der Waals surface area contributed by atoms with E-state index in [0.717, 1.165) is 0 Å². The van der Waals surface area contributed by atoms with Crippen molar-refractivity contribution in [2.24, 2.45) is 0 Å². The van der Waals surface area contributed by atoms with Crippen molar-refractivity contribution in [1.29, 1.82) is 0 Å². The molecule has 1 N–H and O–H groups in total. The van der Waals surface area contributed by atoms with Crippen LogP contribution >= 0.6 is 11.6 Å². The van der Waals surface area contributed by atoms with Crippen LogP contribution in [0.1, 0.15) is 12.5 Å². The summed E-state index contributed by atoms with van der Waals surface area (Å²) in [5, 5.41) is 1.46. The minimum atomic E-state index is -0.504. The molecular weight excluding hydrogens is 380 g/mol. The number of para-hydroxylation sites is 1. The zero-order chi connectivity index (χ0) is 20.1. The summed E-state index contributed by atoms with van der Waals surface area (Å²) in [6, 6.07) is 12.0. The normalized spacial score (nSPS) is 14.8. The molecule has 0 saturated carbocycles. The molecule has 6 nitrogen and oxygen atoms in total. The molecule has 0 bridgehead atoms. The summed E-state index contributed by atoms with van der Waals surface area (Å²) in [5.74, 6) is 2.10. The summed E-state index contributed by atoms with van der Waals surface area (Å²) >= 11 is 6.29. The van der Waals surface area contributed by atoms with Crippen molar-refractivity contribution in [2.75, 3.05) is 18.2 Å². The lowest BCUT2D eigenvalue weighted by Crippen LogP contribution is -2.35. The molecule has 7 heteroatoms. The van der Waals surface area contributed by atoms with E-state index in [1.165, 1.54) is 11.1 Å². The van der Waals surface area contributed by atoms with E-state index in [1.54, 1.807) is 36.4 Å². The lowest BCUT2D eigenvalue weighted by atomic mass is 10.1. The van der Waals surface area contributed by atoms with Crippen LogP contribution < -0.4 is 19.9 Å². The molecule has 0 spiro atoms. The van der Waals surface area contributed by atoms with E-state index < -0.39 is 11.8 Å². The summed E-state index contributed by atoms with van der Waals surface area (Å²) in [6.07, 6.45) is 6.68. The van der Waals surface area contributed by atoms with Crippen molar-refractivity contribution < 1.29 is 19.1 Å². The highest BCUT2D eigenvalue weighted by Gasteiger charge is 2.34. The molecule has 2 aromatic rings. The van der Waals surface area contributed by atoms with Gasteiger partial charge in [0.25, 0.3) is 11.8 Å². The third-order valence-corrected chi connectivity index (χ3v) is 4.13. The maximum atomic E-state index is 12.7. The van der Waals surface area contributed by atoms with Gasteiger partial charge in [-0.1, -0.05) is 35.7 Å². The number of benzene rings is 2. The van der Waals surface area contributed by atoms with Gasteiger partial charge in [0.05, 0.1) is 17.3 Å². The molecular formula is C21H17ClN2O4. The topological polar surface area (TPSA) is 67.9 Å². The molecule has 0 aliphatic carbocycles. The molecule has 0 radical (unpaired) electrons. The summed E-state index contributed by atoms with van der Waals surface area (Å²) in [5.41, 5.74) is 3.62. The van der Waals surface area contributed by atoms with Gasteiger partial charge in [-0.25, -0.2) is 5.01 Å². The first kappa shape index (κ1) is 19.3. The van der Waals surface area contributed by atoms with Crippen LogP contribution in [0.25, 0.3) is 6.08 Å². The van der Waals surface area contributed by atoms with Gasteiger partial charge >= 0.3 is 0 Å². The zero-order valence-electron chi connectivity index (χ0n) is 15.1. The third kappa shape index (κ3) is 3.95. The number of carbonyl (C=O) groups is 2. The Bertz CT molecular complexity index is 980. The number of hydrogen-bond donors (Lipinski definition) is 1. The molecule has 2 aromatic carbocycles. The molecule has 142 valence electrons. The molecule has 0 atom stereocenters. The Labute approximate surface area is 167 Å². The van der Waals surface area contributed by atoms with Gasteiger partial charge in [-0.2, -0.15) is 0 Å². The fourth-order valence-corrected chi connectivity index (χ4v) is 2.94. The predicted octanol–water partition coefficient (Wildman–Crippen LogP) is 3.21. The van der Waals surface area contributed by atoms with Crippen LogP contribution in [-0.2, 0) is 9.59 Å². The van der Waals surface area contributed by atoms with Gasteiger partial charge in [0, 0.05) is 0 Å². The van der Waals surface area contributed by atoms with Gasteiger partial charge < -0.3 is 9.47 Å². The first-order chi connectivity index (χ1) is 13.5. The Morgan fingerprint density at radius 3 is 2.64 bits per heavy atom. The lowest BCUT2D eigenvalue weighted by Gasteiger charge is -2.14. The highest BCUT2D eigenvalue weighted by atomic mass is 35.5. The number of anilines is 1. The van der Waals surface area contributed by atoms with Crippen molar-refractivity contribution >= 4 is 35.2 Å². The van der Waals surface area contributed by atoms with Gasteiger partial charge in [-0.15, -0.1) is 6.42 Å². The maximum Gasteiger partial charge on any atom is 0.282 e. The van der Waals surface area contributed by atoms with Crippen LogP contribution in [0, 0.1) is 12.3 Å². The number of nitrogens with one attached hydrogen (secondary N) is 1. The standard InChI is InChI=1S/C21H17ClN2O4/c1-3-10-28-19-17(22)12-14(13-18(19)27-4-2)11-16-20(25)23-24(21(16)26)15-8-6-5-7-9-15/h1,5-9,11-13H,4,10H2,2H3,(H,23,25)/b16-11-. The number of nitrogens with zero attached hydrogens (tertiary/aromatic N) is 1. The summed E-state index contributed by atoms with van der Waals surface area (Å²) < 4.78 is 11.0. The summed E-state index contributed by atoms with van der Waals surface area (Å²) in [7, 11) is 0. The molecule has 0 unspecified atom stereocenters. The lowest BCUT2D eigenvalue weighted by molar-refractivity contribution is -0.117. The smallest absolute Gasteiger partial charge is 0.282 e. The van der Waals surface area contributed by atoms with Crippen molar-refractivity contribution in [3.05, 3.63) is 58.6 Å².